The molecule has 0 heterocycles. The molecule has 0 bridgehead atoms. The van der Waals surface area contributed by atoms with Crippen LogP contribution in [0.3, 0.4) is 0 Å². The van der Waals surface area contributed by atoms with E-state index in [4.69, 9.17) is 0 Å². The van der Waals surface area contributed by atoms with Gasteiger partial charge < -0.3 is 4.74 Å². The summed E-state index contributed by atoms with van der Waals surface area (Å²) < 4.78 is 29.8. The Balaban J connectivity index is 0.000000606. The summed E-state index contributed by atoms with van der Waals surface area (Å²) in [5.74, 6) is 0. The molecule has 0 unspecified atom stereocenters. The second-order valence-electron chi connectivity index (χ2n) is 3.72. The lowest BCUT2D eigenvalue weighted by atomic mass is 10.1. The molecule has 0 aromatic heterocycles. The predicted molar refractivity (Wildman–Crippen MR) is 60.7 cm³/mol. The maximum atomic E-state index is 12.6. The zero-order valence-electron chi connectivity index (χ0n) is 9.97. The first-order chi connectivity index (χ1) is 7.54. The molecule has 0 N–H and O–H groups in total. The second-order valence-corrected chi connectivity index (χ2v) is 3.72. The van der Waals surface area contributed by atoms with Gasteiger partial charge in [-0.1, -0.05) is 38.1 Å². The van der Waals surface area contributed by atoms with Crippen LogP contribution in [0.15, 0.2) is 24.3 Å². The molecule has 0 fully saturated rings. The van der Waals surface area contributed by atoms with Gasteiger partial charge in [0.1, 0.15) is 0 Å². The molecule has 1 aliphatic carbocycles. The van der Waals surface area contributed by atoms with Gasteiger partial charge in [0.05, 0.1) is 6.10 Å². The molecule has 1 aromatic carbocycles. The van der Waals surface area contributed by atoms with E-state index in [2.05, 4.69) is 4.74 Å². The molecular formula is C13H18F2O. The Morgan fingerprint density at radius 2 is 1.56 bits per heavy atom. The van der Waals surface area contributed by atoms with Crippen molar-refractivity contribution in [3.63, 3.8) is 0 Å². The van der Waals surface area contributed by atoms with Crippen molar-refractivity contribution < 1.29 is 13.5 Å². The molecule has 0 amide bonds. The van der Waals surface area contributed by atoms with Crippen LogP contribution < -0.4 is 0 Å². The zero-order valence-corrected chi connectivity index (χ0v) is 9.97. The highest BCUT2D eigenvalue weighted by molar-refractivity contribution is 5.32. The van der Waals surface area contributed by atoms with Gasteiger partial charge in [0.25, 0.3) is 0 Å². The fourth-order valence-corrected chi connectivity index (χ4v) is 1.89. The van der Waals surface area contributed by atoms with Crippen molar-refractivity contribution in [3.05, 3.63) is 35.4 Å². The Hall–Kier alpha value is -0.960. The molecule has 90 valence electrons. The summed E-state index contributed by atoms with van der Waals surface area (Å²) in [7, 11) is 0. The normalized spacial score (nSPS) is 15.3. The lowest BCUT2D eigenvalue weighted by molar-refractivity contribution is -0.247. The van der Waals surface area contributed by atoms with Crippen LogP contribution >= 0.6 is 0 Å². The number of ether oxygens (including phenoxy) is 1. The van der Waals surface area contributed by atoms with E-state index in [0.717, 1.165) is 18.1 Å². The van der Waals surface area contributed by atoms with Gasteiger partial charge >= 0.3 is 6.11 Å². The lowest BCUT2D eigenvalue weighted by Gasteiger charge is -2.16. The highest BCUT2D eigenvalue weighted by Gasteiger charge is 2.31. The van der Waals surface area contributed by atoms with Crippen LogP contribution in [0.4, 0.5) is 8.78 Å². The molecule has 0 aliphatic heterocycles. The van der Waals surface area contributed by atoms with Crippen molar-refractivity contribution in [1.29, 1.82) is 0 Å². The fraction of sp³-hybridized carbons (Fsp3) is 0.538. The van der Waals surface area contributed by atoms with E-state index in [0.29, 0.717) is 12.8 Å². The molecule has 2 rings (SSSR count). The minimum atomic E-state index is -3.02. The van der Waals surface area contributed by atoms with E-state index in [1.165, 1.54) is 0 Å². The van der Waals surface area contributed by atoms with Crippen LogP contribution in [-0.4, -0.2) is 12.2 Å². The Morgan fingerprint density at radius 1 is 1.12 bits per heavy atom. The molecule has 1 nitrogen and oxygen atoms in total. The summed E-state index contributed by atoms with van der Waals surface area (Å²) in [6.45, 7) is 4.79. The standard InChI is InChI=1S/C11H12F2O.C2H6/c1-11(12,13)14-10-6-8-4-2-3-5-9(8)7-10;1-2/h2-5,10H,6-7H2,1H3;1-2H3. The van der Waals surface area contributed by atoms with Gasteiger partial charge in [0, 0.05) is 6.92 Å². The van der Waals surface area contributed by atoms with Crippen LogP contribution in [0, 0.1) is 0 Å². The highest BCUT2D eigenvalue weighted by atomic mass is 19.3. The van der Waals surface area contributed by atoms with E-state index < -0.39 is 6.11 Å². The molecule has 0 radical (unpaired) electrons. The summed E-state index contributed by atoms with van der Waals surface area (Å²) in [4.78, 5) is 0. The third-order valence-electron chi connectivity index (χ3n) is 2.39. The van der Waals surface area contributed by atoms with Crippen molar-refractivity contribution in [3.8, 4) is 0 Å². The maximum absolute atomic E-state index is 12.6. The molecule has 1 aromatic rings. The van der Waals surface area contributed by atoms with Crippen LogP contribution in [0.1, 0.15) is 31.9 Å². The average Bonchev–Trinajstić information content (AvgIpc) is 2.59. The van der Waals surface area contributed by atoms with Crippen molar-refractivity contribution in [2.75, 3.05) is 0 Å². The van der Waals surface area contributed by atoms with Crippen molar-refractivity contribution in [2.24, 2.45) is 0 Å². The first-order valence-electron chi connectivity index (χ1n) is 5.67. The Labute approximate surface area is 95.4 Å². The monoisotopic (exact) mass is 228 g/mol. The minimum absolute atomic E-state index is 0.368. The van der Waals surface area contributed by atoms with Crippen LogP contribution in [0.25, 0.3) is 0 Å². The topological polar surface area (TPSA) is 9.23 Å². The second kappa shape index (κ2) is 5.39. The number of hydrogen-bond donors (Lipinski definition) is 0. The summed E-state index contributed by atoms with van der Waals surface area (Å²) >= 11 is 0. The van der Waals surface area contributed by atoms with Crippen molar-refractivity contribution in [1.82, 2.24) is 0 Å². The molecule has 1 aliphatic rings. The van der Waals surface area contributed by atoms with Crippen LogP contribution in [-0.2, 0) is 17.6 Å². The van der Waals surface area contributed by atoms with Gasteiger partial charge in [-0.05, 0) is 24.0 Å². The van der Waals surface area contributed by atoms with Gasteiger partial charge in [-0.15, -0.1) is 0 Å². The number of hydrogen-bond acceptors (Lipinski definition) is 1. The van der Waals surface area contributed by atoms with Gasteiger partial charge in [0.2, 0.25) is 0 Å². The van der Waals surface area contributed by atoms with Gasteiger partial charge in [0.15, 0.2) is 0 Å². The van der Waals surface area contributed by atoms with E-state index >= 15 is 0 Å². The summed E-state index contributed by atoms with van der Waals surface area (Å²) in [5, 5.41) is 0. The SMILES string of the molecule is CC.CC(F)(F)OC1Cc2ccccc2C1. The first kappa shape index (κ1) is 13.1. The molecule has 16 heavy (non-hydrogen) atoms. The van der Waals surface area contributed by atoms with Crippen LogP contribution in [0.2, 0.25) is 0 Å². The Bertz CT molecular complexity index is 306. The molecule has 0 saturated carbocycles. The lowest BCUT2D eigenvalue weighted by Crippen LogP contribution is -2.25. The smallest absolute Gasteiger partial charge is 0.317 e. The van der Waals surface area contributed by atoms with E-state index in [1.807, 2.05) is 38.1 Å². The van der Waals surface area contributed by atoms with Crippen LogP contribution in [0.5, 0.6) is 0 Å². The van der Waals surface area contributed by atoms with Gasteiger partial charge in [-0.2, -0.15) is 8.78 Å². The molecule has 0 spiro atoms. The van der Waals surface area contributed by atoms with E-state index in [-0.39, 0.29) is 6.10 Å². The summed E-state index contributed by atoms with van der Waals surface area (Å²) in [6, 6.07) is 7.77. The number of rotatable bonds is 2. The number of benzene rings is 1. The van der Waals surface area contributed by atoms with E-state index in [9.17, 15) is 8.78 Å². The number of alkyl halides is 2. The fourth-order valence-electron chi connectivity index (χ4n) is 1.89. The largest absolute Gasteiger partial charge is 0.353 e. The predicted octanol–water partition coefficient (Wildman–Crippen LogP) is 3.81. The zero-order chi connectivity index (χ0) is 12.2. The maximum Gasteiger partial charge on any atom is 0.353 e. The number of fused-ring (bicyclic) bond motifs is 1. The molecule has 3 heteroatoms. The average molecular weight is 228 g/mol. The third kappa shape index (κ3) is 3.56. The van der Waals surface area contributed by atoms with E-state index in [1.54, 1.807) is 0 Å². The molecule has 0 saturated heterocycles. The highest BCUT2D eigenvalue weighted by Crippen LogP contribution is 2.27. The Morgan fingerprint density at radius 3 is 1.94 bits per heavy atom. The molecule has 0 atom stereocenters. The van der Waals surface area contributed by atoms with Gasteiger partial charge in [-0.3, -0.25) is 0 Å². The van der Waals surface area contributed by atoms with Gasteiger partial charge in [-0.25, -0.2) is 0 Å². The minimum Gasteiger partial charge on any atom is -0.317 e. The third-order valence-corrected chi connectivity index (χ3v) is 2.39. The summed E-state index contributed by atoms with van der Waals surface area (Å²) in [5.41, 5.74) is 2.25. The quantitative estimate of drug-likeness (QED) is 0.748. The van der Waals surface area contributed by atoms with Crippen molar-refractivity contribution in [2.45, 2.75) is 45.8 Å². The van der Waals surface area contributed by atoms with Crippen molar-refractivity contribution >= 4 is 0 Å². The first-order valence-corrected chi connectivity index (χ1v) is 5.67. The molecular weight excluding hydrogens is 210 g/mol. The Kier molecular flexibility index (Phi) is 4.42. The summed E-state index contributed by atoms with van der Waals surface area (Å²) in [6.07, 6.45) is -2.20. The number of halogens is 2.